The smallest absolute Gasteiger partial charge is 0.227 e. The maximum absolute atomic E-state index is 12.1. The van der Waals surface area contributed by atoms with Gasteiger partial charge in [0.15, 0.2) is 5.11 Å². The standard InChI is InChI=1S/C23H29N3O2S/c1-3-28-21-10-5-4-8-18(21)9-6-14-24-23(29)25-19-13-12-17(2)20(16-19)26-15-7-11-22(26)27/h4-5,8,10,12-13,16H,3,6-7,9,11,14-15H2,1-2H3,(H2,24,25,29). The second-order valence-electron chi connectivity index (χ2n) is 7.18. The van der Waals surface area contributed by atoms with Crippen molar-refractivity contribution in [3.8, 4) is 5.75 Å². The lowest BCUT2D eigenvalue weighted by Gasteiger charge is -2.20. The Kier molecular flexibility index (Phi) is 7.47. The van der Waals surface area contributed by atoms with Gasteiger partial charge >= 0.3 is 0 Å². The Morgan fingerprint density at radius 2 is 2.07 bits per heavy atom. The van der Waals surface area contributed by atoms with E-state index in [9.17, 15) is 4.79 Å². The summed E-state index contributed by atoms with van der Waals surface area (Å²) < 4.78 is 5.68. The maximum atomic E-state index is 12.1. The predicted molar refractivity (Wildman–Crippen MR) is 123 cm³/mol. The van der Waals surface area contributed by atoms with Gasteiger partial charge in [0.1, 0.15) is 5.75 Å². The first-order valence-electron chi connectivity index (χ1n) is 10.2. The van der Waals surface area contributed by atoms with Crippen LogP contribution in [0.3, 0.4) is 0 Å². The molecule has 0 radical (unpaired) electrons. The first kappa shape index (κ1) is 21.1. The third-order valence-electron chi connectivity index (χ3n) is 5.01. The van der Waals surface area contributed by atoms with Gasteiger partial charge in [0.05, 0.1) is 6.61 Å². The number of rotatable bonds is 8. The molecule has 0 saturated carbocycles. The van der Waals surface area contributed by atoms with Crippen LogP contribution in [0.1, 0.15) is 37.3 Å². The highest BCUT2D eigenvalue weighted by Gasteiger charge is 2.23. The highest BCUT2D eigenvalue weighted by atomic mass is 32.1. The van der Waals surface area contributed by atoms with Crippen molar-refractivity contribution in [2.24, 2.45) is 0 Å². The molecular formula is C23H29N3O2S. The van der Waals surface area contributed by atoms with Crippen LogP contribution in [0.15, 0.2) is 42.5 Å². The van der Waals surface area contributed by atoms with Crippen molar-refractivity contribution < 1.29 is 9.53 Å². The van der Waals surface area contributed by atoms with Gasteiger partial charge in [-0.15, -0.1) is 0 Å². The number of nitrogens with zero attached hydrogens (tertiary/aromatic N) is 1. The van der Waals surface area contributed by atoms with Gasteiger partial charge in [0.2, 0.25) is 5.91 Å². The van der Waals surface area contributed by atoms with E-state index >= 15 is 0 Å². The van der Waals surface area contributed by atoms with Crippen molar-refractivity contribution in [3.05, 3.63) is 53.6 Å². The van der Waals surface area contributed by atoms with E-state index in [0.717, 1.165) is 55.0 Å². The van der Waals surface area contributed by atoms with Crippen LogP contribution in [-0.4, -0.2) is 30.7 Å². The molecule has 6 heteroatoms. The Hall–Kier alpha value is -2.60. The number of aryl methyl sites for hydroxylation is 2. The van der Waals surface area contributed by atoms with Crippen LogP contribution < -0.4 is 20.3 Å². The first-order chi connectivity index (χ1) is 14.1. The van der Waals surface area contributed by atoms with E-state index in [0.29, 0.717) is 18.1 Å². The lowest BCUT2D eigenvalue weighted by molar-refractivity contribution is -0.117. The zero-order valence-electron chi connectivity index (χ0n) is 17.2. The fourth-order valence-electron chi connectivity index (χ4n) is 3.54. The van der Waals surface area contributed by atoms with Crippen molar-refractivity contribution >= 4 is 34.6 Å². The average Bonchev–Trinajstić information content (AvgIpc) is 3.14. The third kappa shape index (κ3) is 5.70. The molecule has 0 spiro atoms. The van der Waals surface area contributed by atoms with Gasteiger partial charge in [-0.2, -0.15) is 0 Å². The number of carbonyl (C=O) groups excluding carboxylic acids is 1. The second-order valence-corrected chi connectivity index (χ2v) is 7.58. The fourth-order valence-corrected chi connectivity index (χ4v) is 3.76. The molecule has 2 aromatic carbocycles. The quantitative estimate of drug-likeness (QED) is 0.497. The van der Waals surface area contributed by atoms with E-state index in [1.54, 1.807) is 0 Å². The first-order valence-corrected chi connectivity index (χ1v) is 10.7. The summed E-state index contributed by atoms with van der Waals surface area (Å²) in [6, 6.07) is 14.2. The number of anilines is 2. The summed E-state index contributed by atoms with van der Waals surface area (Å²) in [5, 5.41) is 7.09. The Morgan fingerprint density at radius 1 is 1.24 bits per heavy atom. The van der Waals surface area contributed by atoms with Crippen LogP contribution >= 0.6 is 12.2 Å². The topological polar surface area (TPSA) is 53.6 Å². The molecule has 5 nitrogen and oxygen atoms in total. The molecular weight excluding hydrogens is 382 g/mol. The zero-order valence-corrected chi connectivity index (χ0v) is 18.0. The van der Waals surface area contributed by atoms with Gasteiger partial charge in [-0.25, -0.2) is 0 Å². The summed E-state index contributed by atoms with van der Waals surface area (Å²) in [4.78, 5) is 13.9. The van der Waals surface area contributed by atoms with E-state index in [2.05, 4.69) is 16.7 Å². The van der Waals surface area contributed by atoms with Gasteiger partial charge in [-0.05, 0) is 74.7 Å². The van der Waals surface area contributed by atoms with Gasteiger partial charge in [-0.1, -0.05) is 24.3 Å². The molecule has 1 saturated heterocycles. The Balaban J connectivity index is 1.49. The van der Waals surface area contributed by atoms with Crippen LogP contribution in [0.5, 0.6) is 5.75 Å². The summed E-state index contributed by atoms with van der Waals surface area (Å²) in [5.41, 5.74) is 4.17. The lowest BCUT2D eigenvalue weighted by Crippen LogP contribution is -2.30. The van der Waals surface area contributed by atoms with Crippen molar-refractivity contribution in [1.82, 2.24) is 5.32 Å². The van der Waals surface area contributed by atoms with Crippen LogP contribution in [0, 0.1) is 6.92 Å². The minimum Gasteiger partial charge on any atom is -0.494 e. The molecule has 1 amide bonds. The van der Waals surface area contributed by atoms with E-state index in [1.165, 1.54) is 5.56 Å². The maximum Gasteiger partial charge on any atom is 0.227 e. The highest BCUT2D eigenvalue weighted by Crippen LogP contribution is 2.28. The molecule has 0 atom stereocenters. The Labute approximate surface area is 178 Å². The normalized spacial score (nSPS) is 13.4. The fraction of sp³-hybridized carbons (Fsp3) is 0.391. The number of carbonyl (C=O) groups is 1. The molecule has 0 aliphatic carbocycles. The number of thiocarbonyl (C=S) groups is 1. The number of ether oxygens (including phenoxy) is 1. The Bertz CT molecular complexity index is 869. The monoisotopic (exact) mass is 411 g/mol. The molecule has 154 valence electrons. The molecule has 29 heavy (non-hydrogen) atoms. The molecule has 1 heterocycles. The summed E-state index contributed by atoms with van der Waals surface area (Å²) in [7, 11) is 0. The Morgan fingerprint density at radius 3 is 2.83 bits per heavy atom. The van der Waals surface area contributed by atoms with Crippen LogP contribution in [0.2, 0.25) is 0 Å². The third-order valence-corrected chi connectivity index (χ3v) is 5.26. The van der Waals surface area contributed by atoms with Crippen molar-refractivity contribution in [1.29, 1.82) is 0 Å². The number of amides is 1. The van der Waals surface area contributed by atoms with Gasteiger partial charge in [-0.3, -0.25) is 4.79 Å². The molecule has 0 bridgehead atoms. The molecule has 1 fully saturated rings. The molecule has 0 aromatic heterocycles. The number of hydrogen-bond acceptors (Lipinski definition) is 3. The van der Waals surface area contributed by atoms with Crippen LogP contribution in [0.25, 0.3) is 0 Å². The van der Waals surface area contributed by atoms with E-state index in [4.69, 9.17) is 17.0 Å². The van der Waals surface area contributed by atoms with E-state index < -0.39 is 0 Å². The second kappa shape index (κ2) is 10.3. The zero-order chi connectivity index (χ0) is 20.6. The number of hydrogen-bond donors (Lipinski definition) is 2. The molecule has 1 aliphatic rings. The van der Waals surface area contributed by atoms with Gasteiger partial charge in [0, 0.05) is 30.9 Å². The number of nitrogens with one attached hydrogen (secondary N) is 2. The molecule has 1 aliphatic heterocycles. The minimum absolute atomic E-state index is 0.193. The van der Waals surface area contributed by atoms with E-state index in [-0.39, 0.29) is 5.91 Å². The predicted octanol–water partition coefficient (Wildman–Crippen LogP) is 4.44. The number of benzene rings is 2. The molecule has 2 N–H and O–H groups in total. The van der Waals surface area contributed by atoms with Crippen LogP contribution in [-0.2, 0) is 11.2 Å². The number of para-hydroxylation sites is 1. The SMILES string of the molecule is CCOc1ccccc1CCCNC(=S)Nc1ccc(C)c(N2CCCC2=O)c1. The summed E-state index contributed by atoms with van der Waals surface area (Å²) >= 11 is 5.44. The largest absolute Gasteiger partial charge is 0.494 e. The molecule has 3 rings (SSSR count). The molecule has 2 aromatic rings. The summed E-state index contributed by atoms with van der Waals surface area (Å²) in [6.07, 6.45) is 3.43. The summed E-state index contributed by atoms with van der Waals surface area (Å²) in [5.74, 6) is 1.15. The van der Waals surface area contributed by atoms with Gasteiger partial charge in [0.25, 0.3) is 0 Å². The van der Waals surface area contributed by atoms with Gasteiger partial charge < -0.3 is 20.3 Å². The molecule has 0 unspecified atom stereocenters. The minimum atomic E-state index is 0.193. The van der Waals surface area contributed by atoms with Crippen LogP contribution in [0.4, 0.5) is 11.4 Å². The highest BCUT2D eigenvalue weighted by molar-refractivity contribution is 7.80. The van der Waals surface area contributed by atoms with Crippen molar-refractivity contribution in [2.75, 3.05) is 29.9 Å². The van der Waals surface area contributed by atoms with Crippen molar-refractivity contribution in [3.63, 3.8) is 0 Å². The van der Waals surface area contributed by atoms with E-state index in [1.807, 2.05) is 55.1 Å². The summed E-state index contributed by atoms with van der Waals surface area (Å²) in [6.45, 7) is 6.26. The van der Waals surface area contributed by atoms with Crippen molar-refractivity contribution in [2.45, 2.75) is 39.5 Å². The lowest BCUT2D eigenvalue weighted by atomic mass is 10.1. The average molecular weight is 412 g/mol.